The Bertz CT molecular complexity index is 1360. The van der Waals surface area contributed by atoms with Crippen LogP contribution in [0.15, 0.2) is 79.0 Å². The minimum absolute atomic E-state index is 0.253. The molecule has 0 radical (unpaired) electrons. The van der Waals surface area contributed by atoms with Gasteiger partial charge in [-0.15, -0.1) is 0 Å². The number of aromatic nitrogens is 3. The molecule has 7 heteroatoms. The molecule has 4 aromatic rings. The minimum Gasteiger partial charge on any atom is -0.483 e. The van der Waals surface area contributed by atoms with Gasteiger partial charge in [0, 0.05) is 42.7 Å². The van der Waals surface area contributed by atoms with E-state index in [1.54, 1.807) is 25.4 Å². The molecule has 170 valence electrons. The summed E-state index contributed by atoms with van der Waals surface area (Å²) in [4.78, 5) is 24.1. The average Bonchev–Trinajstić information content (AvgIpc) is 3.25. The van der Waals surface area contributed by atoms with Gasteiger partial charge in [-0.2, -0.15) is 0 Å². The molecule has 0 saturated heterocycles. The topological polar surface area (TPSA) is 91.9 Å². The zero-order chi connectivity index (χ0) is 23.5. The van der Waals surface area contributed by atoms with Gasteiger partial charge in [-0.3, -0.25) is 9.78 Å². The number of imidazole rings is 1. The summed E-state index contributed by atoms with van der Waals surface area (Å²) in [6, 6.07) is 21.8. The Morgan fingerprint density at radius 3 is 2.71 bits per heavy atom. The van der Waals surface area contributed by atoms with E-state index in [0.29, 0.717) is 23.8 Å². The molecule has 3 N–H and O–H groups in total. The predicted molar refractivity (Wildman–Crippen MR) is 133 cm³/mol. The molecule has 7 nitrogen and oxygen atoms in total. The molecule has 0 bridgehead atoms. The Labute approximate surface area is 197 Å². The van der Waals surface area contributed by atoms with Crippen LogP contribution < -0.4 is 15.4 Å². The van der Waals surface area contributed by atoms with Crippen LogP contribution in [0.2, 0.25) is 0 Å². The number of pyridine rings is 1. The van der Waals surface area contributed by atoms with E-state index < -0.39 is 5.60 Å². The van der Waals surface area contributed by atoms with Crippen LogP contribution in [0.5, 0.6) is 5.75 Å². The molecule has 1 amide bonds. The number of nitrogens with zero attached hydrogens (tertiary/aromatic N) is 2. The summed E-state index contributed by atoms with van der Waals surface area (Å²) >= 11 is 0. The molecule has 2 aromatic heterocycles. The van der Waals surface area contributed by atoms with Crippen LogP contribution in [0.25, 0.3) is 17.2 Å². The van der Waals surface area contributed by atoms with Crippen LogP contribution >= 0.6 is 0 Å². The first-order chi connectivity index (χ1) is 16.5. The van der Waals surface area contributed by atoms with Gasteiger partial charge >= 0.3 is 0 Å². The van der Waals surface area contributed by atoms with Crippen LogP contribution in [0.4, 0.5) is 11.6 Å². The average molecular weight is 452 g/mol. The number of fused-ring (bicyclic) bond motifs is 1. The lowest BCUT2D eigenvalue weighted by atomic mass is 9.93. The van der Waals surface area contributed by atoms with Crippen molar-refractivity contribution in [1.29, 1.82) is 0 Å². The van der Waals surface area contributed by atoms with Crippen LogP contribution in [-0.4, -0.2) is 33.5 Å². The number of hydrogen-bond acceptors (Lipinski definition) is 5. The molecule has 5 rings (SSSR count). The van der Waals surface area contributed by atoms with E-state index in [1.165, 1.54) is 0 Å². The lowest BCUT2D eigenvalue weighted by Crippen LogP contribution is -2.34. The number of anilines is 2. The summed E-state index contributed by atoms with van der Waals surface area (Å²) in [5.74, 6) is 1.00. The molecule has 2 heterocycles. The Hall–Kier alpha value is -4.39. The summed E-state index contributed by atoms with van der Waals surface area (Å²) in [6.45, 7) is 2.01. The van der Waals surface area contributed by atoms with Gasteiger partial charge in [-0.25, -0.2) is 4.98 Å². The van der Waals surface area contributed by atoms with E-state index in [1.807, 2.05) is 55.5 Å². The Morgan fingerprint density at radius 2 is 1.88 bits per heavy atom. The summed E-state index contributed by atoms with van der Waals surface area (Å²) < 4.78 is 6.26. The van der Waals surface area contributed by atoms with Crippen molar-refractivity contribution in [3.05, 3.63) is 96.1 Å². The van der Waals surface area contributed by atoms with Gasteiger partial charge in [0.1, 0.15) is 17.0 Å². The highest BCUT2D eigenvalue weighted by Gasteiger charge is 2.30. The summed E-state index contributed by atoms with van der Waals surface area (Å²) in [6.07, 6.45) is 6.14. The molecule has 1 aliphatic carbocycles. The van der Waals surface area contributed by atoms with Gasteiger partial charge < -0.3 is 20.4 Å². The summed E-state index contributed by atoms with van der Waals surface area (Å²) in [7, 11) is 1.58. The van der Waals surface area contributed by atoms with Crippen molar-refractivity contribution in [3.63, 3.8) is 0 Å². The van der Waals surface area contributed by atoms with Gasteiger partial charge in [-0.05, 0) is 36.8 Å². The largest absolute Gasteiger partial charge is 0.483 e. The second kappa shape index (κ2) is 8.86. The molecular weight excluding hydrogens is 426 g/mol. The van der Waals surface area contributed by atoms with Gasteiger partial charge in [0.2, 0.25) is 5.95 Å². The number of aromatic amines is 1. The van der Waals surface area contributed by atoms with Crippen molar-refractivity contribution >= 4 is 23.6 Å². The van der Waals surface area contributed by atoms with E-state index in [9.17, 15) is 4.79 Å². The quantitative estimate of drug-likeness (QED) is 0.384. The van der Waals surface area contributed by atoms with Crippen molar-refractivity contribution in [2.45, 2.75) is 18.9 Å². The number of carbonyl (C=O) groups excluding carboxylic acids is 1. The molecular formula is C27H25N5O2. The van der Waals surface area contributed by atoms with Gasteiger partial charge in [0.05, 0.1) is 5.69 Å². The molecule has 1 unspecified atom stereocenters. The van der Waals surface area contributed by atoms with Crippen molar-refractivity contribution in [2.75, 3.05) is 12.4 Å². The first-order valence-corrected chi connectivity index (χ1v) is 11.1. The second-order valence-electron chi connectivity index (χ2n) is 8.37. The third kappa shape index (κ3) is 4.41. The maximum absolute atomic E-state index is 11.9. The van der Waals surface area contributed by atoms with Crippen molar-refractivity contribution in [1.82, 2.24) is 20.3 Å². The SMILES string of the molecule is CNC(=O)c1cc(OC2(C)C=Cc3nc(Nc4ccccc4-c4ccccc4)[nH]c3C2)ccn1. The number of para-hydroxylation sites is 1. The molecule has 1 atom stereocenters. The van der Waals surface area contributed by atoms with Gasteiger partial charge in [0.25, 0.3) is 5.91 Å². The minimum atomic E-state index is -0.597. The van der Waals surface area contributed by atoms with Gasteiger partial charge in [0.15, 0.2) is 0 Å². The lowest BCUT2D eigenvalue weighted by Gasteiger charge is -2.29. The molecule has 34 heavy (non-hydrogen) atoms. The first kappa shape index (κ1) is 21.5. The van der Waals surface area contributed by atoms with Crippen LogP contribution in [0.3, 0.4) is 0 Å². The lowest BCUT2D eigenvalue weighted by molar-refractivity contribution is 0.0955. The Morgan fingerprint density at radius 1 is 1.09 bits per heavy atom. The number of nitrogens with one attached hydrogen (secondary N) is 3. The summed E-state index contributed by atoms with van der Waals surface area (Å²) in [5, 5.41) is 6.02. The number of ether oxygens (including phenoxy) is 1. The second-order valence-corrected chi connectivity index (χ2v) is 8.37. The van der Waals surface area contributed by atoms with E-state index >= 15 is 0 Å². The van der Waals surface area contributed by atoms with Crippen LogP contribution in [0.1, 0.15) is 28.8 Å². The fraction of sp³-hybridized carbons (Fsp3) is 0.148. The Kier molecular flexibility index (Phi) is 5.59. The number of rotatable bonds is 6. The maximum Gasteiger partial charge on any atom is 0.269 e. The number of amides is 1. The van der Waals surface area contributed by atoms with Crippen molar-refractivity contribution in [2.24, 2.45) is 0 Å². The highest BCUT2D eigenvalue weighted by atomic mass is 16.5. The molecule has 2 aromatic carbocycles. The third-order valence-electron chi connectivity index (χ3n) is 5.74. The standard InChI is InChI=1S/C27H25N5O2/c1-27(34-19-13-15-29-23(16-19)25(33)28-2)14-12-22-24(17-27)32-26(31-22)30-21-11-7-6-10-20(21)18-8-4-3-5-9-18/h3-16H,17H2,1-2H3,(H,28,33)(H2,30,31,32). The molecule has 0 spiro atoms. The number of benzene rings is 2. The predicted octanol–water partition coefficient (Wildman–Crippen LogP) is 4.98. The molecule has 0 aliphatic heterocycles. The number of hydrogen-bond donors (Lipinski definition) is 3. The molecule has 0 fully saturated rings. The molecule has 1 aliphatic rings. The van der Waals surface area contributed by atoms with E-state index in [4.69, 9.17) is 9.72 Å². The highest BCUT2D eigenvalue weighted by molar-refractivity contribution is 5.92. The smallest absolute Gasteiger partial charge is 0.269 e. The van der Waals surface area contributed by atoms with Crippen molar-refractivity contribution in [3.8, 4) is 16.9 Å². The van der Waals surface area contributed by atoms with Gasteiger partial charge in [-0.1, -0.05) is 48.5 Å². The number of H-pyrrole nitrogens is 1. The van der Waals surface area contributed by atoms with Crippen LogP contribution in [0, 0.1) is 0 Å². The van der Waals surface area contributed by atoms with E-state index in [2.05, 4.69) is 38.8 Å². The Balaban J connectivity index is 1.35. The van der Waals surface area contributed by atoms with Crippen molar-refractivity contribution < 1.29 is 9.53 Å². The third-order valence-corrected chi connectivity index (χ3v) is 5.74. The van der Waals surface area contributed by atoms with Crippen LogP contribution in [-0.2, 0) is 6.42 Å². The summed E-state index contributed by atoms with van der Waals surface area (Å²) in [5.41, 5.74) is 4.78. The maximum atomic E-state index is 11.9. The zero-order valence-electron chi connectivity index (χ0n) is 19.0. The number of carbonyl (C=O) groups is 1. The molecule has 0 saturated carbocycles. The van der Waals surface area contributed by atoms with E-state index in [-0.39, 0.29) is 5.91 Å². The fourth-order valence-electron chi connectivity index (χ4n) is 4.08. The monoisotopic (exact) mass is 451 g/mol. The normalized spacial score (nSPS) is 16.5. The van der Waals surface area contributed by atoms with E-state index in [0.717, 1.165) is 28.2 Å². The first-order valence-electron chi connectivity index (χ1n) is 11.1. The highest BCUT2D eigenvalue weighted by Crippen LogP contribution is 2.33. The zero-order valence-corrected chi connectivity index (χ0v) is 19.0. The fourth-order valence-corrected chi connectivity index (χ4v) is 4.08.